The van der Waals surface area contributed by atoms with E-state index in [-0.39, 0.29) is 0 Å². The molecule has 0 aliphatic carbocycles. The normalized spacial score (nSPS) is 10.4. The summed E-state index contributed by atoms with van der Waals surface area (Å²) in [6.07, 6.45) is 2.81. The van der Waals surface area contributed by atoms with Crippen LogP contribution in [0.25, 0.3) is 0 Å². The third kappa shape index (κ3) is 4.67. The Morgan fingerprint density at radius 1 is 1.50 bits per heavy atom. The molecule has 6 nitrogen and oxygen atoms in total. The second-order valence-corrected chi connectivity index (χ2v) is 4.17. The van der Waals surface area contributed by atoms with Crippen LogP contribution in [0.1, 0.15) is 24.2 Å². The number of nitrogens with zero attached hydrogens (tertiary/aromatic N) is 2. The number of esters is 1. The third-order valence-corrected chi connectivity index (χ3v) is 2.11. The Balaban J connectivity index is 2.44. The third-order valence-electron chi connectivity index (χ3n) is 2.11. The van der Waals surface area contributed by atoms with E-state index in [1.807, 2.05) is 0 Å². The van der Waals surface area contributed by atoms with Gasteiger partial charge >= 0.3 is 5.97 Å². The Morgan fingerprint density at radius 3 is 2.94 bits per heavy atom. The van der Waals surface area contributed by atoms with Crippen LogP contribution < -0.4 is 5.32 Å². The summed E-state index contributed by atoms with van der Waals surface area (Å²) < 4.78 is 10.1. The van der Waals surface area contributed by atoms with Crippen LogP contribution >= 0.6 is 0 Å². The molecule has 0 spiro atoms. The van der Waals surface area contributed by atoms with Gasteiger partial charge in [-0.25, -0.2) is 14.8 Å². The second-order valence-electron chi connectivity index (χ2n) is 4.17. The van der Waals surface area contributed by atoms with Gasteiger partial charge in [0.25, 0.3) is 0 Å². The minimum absolute atomic E-state index is 0.323. The summed E-state index contributed by atoms with van der Waals surface area (Å²) >= 11 is 0. The molecule has 1 aromatic heterocycles. The van der Waals surface area contributed by atoms with E-state index in [2.05, 4.69) is 33.9 Å². The topological polar surface area (TPSA) is 73.3 Å². The molecule has 0 radical (unpaired) electrons. The lowest BCUT2D eigenvalue weighted by molar-refractivity contribution is 0.0600. The summed E-state index contributed by atoms with van der Waals surface area (Å²) in [5.74, 6) is 0.515. The van der Waals surface area contributed by atoms with Crippen LogP contribution in [0.5, 0.6) is 0 Å². The van der Waals surface area contributed by atoms with Gasteiger partial charge in [-0.15, -0.1) is 0 Å². The molecule has 0 saturated carbocycles. The van der Waals surface area contributed by atoms with Crippen molar-refractivity contribution in [3.05, 3.63) is 18.1 Å². The predicted molar refractivity (Wildman–Crippen MR) is 67.5 cm³/mol. The molecule has 0 bridgehead atoms. The number of aromatic nitrogens is 2. The number of hydrogen-bond donors (Lipinski definition) is 1. The maximum atomic E-state index is 11.4. The lowest BCUT2D eigenvalue weighted by atomic mass is 10.2. The van der Waals surface area contributed by atoms with Gasteiger partial charge in [-0.1, -0.05) is 13.8 Å². The molecule has 1 aromatic rings. The van der Waals surface area contributed by atoms with Crippen LogP contribution in [0.2, 0.25) is 0 Å². The zero-order valence-electron chi connectivity index (χ0n) is 11.0. The number of hydrogen-bond acceptors (Lipinski definition) is 6. The summed E-state index contributed by atoms with van der Waals surface area (Å²) in [7, 11) is 1.32. The molecule has 18 heavy (non-hydrogen) atoms. The summed E-state index contributed by atoms with van der Waals surface area (Å²) in [4.78, 5) is 19.2. The Hall–Kier alpha value is -1.69. The summed E-state index contributed by atoms with van der Waals surface area (Å²) in [5.41, 5.74) is 0.323. The van der Waals surface area contributed by atoms with Gasteiger partial charge in [-0.2, -0.15) is 0 Å². The van der Waals surface area contributed by atoms with Crippen molar-refractivity contribution in [3.63, 3.8) is 0 Å². The SMILES string of the molecule is COC(=O)c1cncnc1NCCOCC(C)C. The second kappa shape index (κ2) is 7.60. The van der Waals surface area contributed by atoms with Crippen molar-refractivity contribution in [1.82, 2.24) is 9.97 Å². The standard InChI is InChI=1S/C12H19N3O3/c1-9(2)7-18-5-4-14-11-10(12(16)17-3)6-13-8-15-11/h6,8-9H,4-5,7H2,1-3H3,(H,13,14,15). The average molecular weight is 253 g/mol. The largest absolute Gasteiger partial charge is 0.465 e. The Labute approximate surface area is 107 Å². The molecule has 0 aromatic carbocycles. The quantitative estimate of drug-likeness (QED) is 0.584. The molecule has 0 atom stereocenters. The van der Waals surface area contributed by atoms with E-state index in [9.17, 15) is 4.79 Å². The Bertz CT molecular complexity index is 383. The zero-order valence-corrected chi connectivity index (χ0v) is 11.0. The lowest BCUT2D eigenvalue weighted by Crippen LogP contribution is -2.16. The molecule has 0 fully saturated rings. The number of ether oxygens (including phenoxy) is 2. The van der Waals surface area contributed by atoms with Crippen LogP contribution in [0.3, 0.4) is 0 Å². The van der Waals surface area contributed by atoms with Crippen molar-refractivity contribution in [1.29, 1.82) is 0 Å². The monoisotopic (exact) mass is 253 g/mol. The molecular formula is C12H19N3O3. The van der Waals surface area contributed by atoms with Gasteiger partial charge in [0, 0.05) is 19.3 Å². The summed E-state index contributed by atoms with van der Waals surface area (Å²) in [6.45, 7) is 6.03. The van der Waals surface area contributed by atoms with Crippen molar-refractivity contribution in [3.8, 4) is 0 Å². The highest BCUT2D eigenvalue weighted by molar-refractivity contribution is 5.94. The first-order valence-corrected chi connectivity index (χ1v) is 5.85. The van der Waals surface area contributed by atoms with Crippen molar-refractivity contribution in [2.24, 2.45) is 5.92 Å². The minimum Gasteiger partial charge on any atom is -0.465 e. The van der Waals surface area contributed by atoms with E-state index < -0.39 is 5.97 Å². The maximum absolute atomic E-state index is 11.4. The molecule has 0 amide bonds. The van der Waals surface area contributed by atoms with Gasteiger partial charge in [0.1, 0.15) is 17.7 Å². The number of rotatable bonds is 7. The highest BCUT2D eigenvalue weighted by Crippen LogP contribution is 2.10. The van der Waals surface area contributed by atoms with Crippen LogP contribution in [-0.4, -0.2) is 42.8 Å². The molecule has 100 valence electrons. The summed E-state index contributed by atoms with van der Waals surface area (Å²) in [5, 5.41) is 3.03. The van der Waals surface area contributed by atoms with Crippen molar-refractivity contribution >= 4 is 11.8 Å². The van der Waals surface area contributed by atoms with E-state index in [1.165, 1.54) is 19.6 Å². The maximum Gasteiger partial charge on any atom is 0.343 e. The van der Waals surface area contributed by atoms with Crippen molar-refractivity contribution in [2.45, 2.75) is 13.8 Å². The molecular weight excluding hydrogens is 234 g/mol. The fraction of sp³-hybridized carbons (Fsp3) is 0.583. The van der Waals surface area contributed by atoms with Gasteiger partial charge in [0.2, 0.25) is 0 Å². The zero-order chi connectivity index (χ0) is 13.4. The highest BCUT2D eigenvalue weighted by Gasteiger charge is 2.12. The lowest BCUT2D eigenvalue weighted by Gasteiger charge is -2.10. The molecule has 1 heterocycles. The smallest absolute Gasteiger partial charge is 0.343 e. The predicted octanol–water partition coefficient (Wildman–Crippen LogP) is 1.35. The van der Waals surface area contributed by atoms with E-state index in [0.29, 0.717) is 30.5 Å². The van der Waals surface area contributed by atoms with Crippen LogP contribution in [0.15, 0.2) is 12.5 Å². The van der Waals surface area contributed by atoms with E-state index in [0.717, 1.165) is 6.61 Å². The van der Waals surface area contributed by atoms with Crippen molar-refractivity contribution < 1.29 is 14.3 Å². The highest BCUT2D eigenvalue weighted by atomic mass is 16.5. The van der Waals surface area contributed by atoms with Gasteiger partial charge in [-0.05, 0) is 5.92 Å². The van der Waals surface area contributed by atoms with Crippen LogP contribution in [0, 0.1) is 5.92 Å². The molecule has 6 heteroatoms. The molecule has 0 unspecified atom stereocenters. The molecule has 1 rings (SSSR count). The molecule has 0 aliphatic rings. The molecule has 0 aliphatic heterocycles. The fourth-order valence-electron chi connectivity index (χ4n) is 1.29. The number of nitrogens with one attached hydrogen (secondary N) is 1. The van der Waals surface area contributed by atoms with Crippen molar-refractivity contribution in [2.75, 3.05) is 32.2 Å². The number of carbonyl (C=O) groups is 1. The van der Waals surface area contributed by atoms with E-state index in [1.54, 1.807) is 0 Å². The first-order valence-electron chi connectivity index (χ1n) is 5.85. The molecule has 0 saturated heterocycles. The van der Waals surface area contributed by atoms with Gasteiger partial charge in [0.05, 0.1) is 13.7 Å². The fourth-order valence-corrected chi connectivity index (χ4v) is 1.29. The van der Waals surface area contributed by atoms with Gasteiger partial charge in [0.15, 0.2) is 0 Å². The number of anilines is 1. The first-order chi connectivity index (χ1) is 8.65. The van der Waals surface area contributed by atoms with Gasteiger partial charge < -0.3 is 14.8 Å². The van der Waals surface area contributed by atoms with Crippen LogP contribution in [0.4, 0.5) is 5.82 Å². The molecule has 1 N–H and O–H groups in total. The van der Waals surface area contributed by atoms with E-state index in [4.69, 9.17) is 4.74 Å². The summed E-state index contributed by atoms with van der Waals surface area (Å²) in [6, 6.07) is 0. The Morgan fingerprint density at radius 2 is 2.28 bits per heavy atom. The average Bonchev–Trinajstić information content (AvgIpc) is 2.37. The Kier molecular flexibility index (Phi) is 6.07. The first kappa shape index (κ1) is 14.4. The van der Waals surface area contributed by atoms with E-state index >= 15 is 0 Å². The number of methoxy groups -OCH3 is 1. The number of carbonyl (C=O) groups excluding carboxylic acids is 1. The van der Waals surface area contributed by atoms with Gasteiger partial charge in [-0.3, -0.25) is 0 Å². The minimum atomic E-state index is -0.457. The van der Waals surface area contributed by atoms with Crippen LogP contribution in [-0.2, 0) is 9.47 Å².